The number of benzene rings is 1. The van der Waals surface area contributed by atoms with Crippen molar-refractivity contribution in [3.05, 3.63) is 57.0 Å². The highest BCUT2D eigenvalue weighted by atomic mass is 35.5. The number of halogens is 4. The van der Waals surface area contributed by atoms with Crippen molar-refractivity contribution < 1.29 is 13.2 Å². The van der Waals surface area contributed by atoms with Crippen LogP contribution in [0.4, 0.5) is 18.9 Å². The number of nitrogens with one attached hydrogen (secondary N) is 1. The number of nitrogens with zero attached hydrogens (tertiary/aromatic N) is 3. The van der Waals surface area contributed by atoms with E-state index in [-0.39, 0.29) is 5.02 Å². The van der Waals surface area contributed by atoms with Crippen LogP contribution in [-0.2, 0) is 12.7 Å². The maximum atomic E-state index is 12.8. The van der Waals surface area contributed by atoms with Gasteiger partial charge in [-0.05, 0) is 11.6 Å². The van der Waals surface area contributed by atoms with Gasteiger partial charge in [0.25, 0.3) is 5.56 Å². The van der Waals surface area contributed by atoms with Crippen molar-refractivity contribution in [1.82, 2.24) is 15.1 Å². The van der Waals surface area contributed by atoms with E-state index < -0.39 is 17.3 Å². The first-order chi connectivity index (χ1) is 11.8. The molecule has 0 bridgehead atoms. The van der Waals surface area contributed by atoms with Crippen LogP contribution in [0.2, 0.25) is 5.02 Å². The fourth-order valence-electron chi connectivity index (χ4n) is 2.85. The molecule has 9 heteroatoms. The van der Waals surface area contributed by atoms with Gasteiger partial charge < -0.3 is 4.90 Å². The number of aromatic amines is 1. The summed E-state index contributed by atoms with van der Waals surface area (Å²) >= 11 is 6.01. The molecule has 0 radical (unpaired) electrons. The predicted molar refractivity (Wildman–Crippen MR) is 88.8 cm³/mol. The largest absolute Gasteiger partial charge is 0.416 e. The van der Waals surface area contributed by atoms with E-state index in [9.17, 15) is 18.0 Å². The molecule has 1 aliphatic rings. The summed E-state index contributed by atoms with van der Waals surface area (Å²) in [6, 6.07) is 5.38. The van der Waals surface area contributed by atoms with Crippen molar-refractivity contribution in [2.24, 2.45) is 0 Å². The molecule has 2 heterocycles. The fourth-order valence-corrected chi connectivity index (χ4v) is 3.06. The van der Waals surface area contributed by atoms with Crippen LogP contribution in [0, 0.1) is 0 Å². The molecule has 1 N–H and O–H groups in total. The van der Waals surface area contributed by atoms with Crippen molar-refractivity contribution in [2.45, 2.75) is 12.7 Å². The predicted octanol–water partition coefficient (Wildman–Crippen LogP) is 2.76. The molecule has 0 amide bonds. The monoisotopic (exact) mass is 372 g/mol. The Morgan fingerprint density at radius 1 is 1.20 bits per heavy atom. The number of anilines is 1. The molecule has 0 atom stereocenters. The number of H-pyrrole nitrogens is 1. The Kier molecular flexibility index (Phi) is 5.01. The molecule has 5 nitrogen and oxygen atoms in total. The highest BCUT2D eigenvalue weighted by Crippen LogP contribution is 2.30. The van der Waals surface area contributed by atoms with Crippen molar-refractivity contribution in [1.29, 1.82) is 0 Å². The van der Waals surface area contributed by atoms with E-state index in [0.29, 0.717) is 44.0 Å². The maximum Gasteiger partial charge on any atom is 0.416 e. The SMILES string of the molecule is O=c1[nH]ncc(N2CCN(Cc3cccc(C(F)(F)F)c3)CC2)c1Cl. The highest BCUT2D eigenvalue weighted by Gasteiger charge is 2.30. The summed E-state index contributed by atoms with van der Waals surface area (Å²) in [4.78, 5) is 15.5. The quantitative estimate of drug-likeness (QED) is 0.900. The minimum Gasteiger partial charge on any atom is -0.366 e. The van der Waals surface area contributed by atoms with Crippen LogP contribution in [0.3, 0.4) is 0 Å². The van der Waals surface area contributed by atoms with Gasteiger partial charge in [-0.15, -0.1) is 0 Å². The molecule has 3 rings (SSSR count). The van der Waals surface area contributed by atoms with E-state index in [4.69, 9.17) is 11.6 Å². The molecule has 1 fully saturated rings. The maximum absolute atomic E-state index is 12.8. The molecule has 2 aromatic rings. The third-order valence-electron chi connectivity index (χ3n) is 4.15. The summed E-state index contributed by atoms with van der Waals surface area (Å²) in [5.41, 5.74) is 0.124. The van der Waals surface area contributed by atoms with Gasteiger partial charge in [-0.1, -0.05) is 29.8 Å². The number of aromatic nitrogens is 2. The summed E-state index contributed by atoms with van der Waals surface area (Å²) in [6.45, 7) is 2.98. The Morgan fingerprint density at radius 3 is 2.60 bits per heavy atom. The first kappa shape index (κ1) is 17.8. The van der Waals surface area contributed by atoms with Gasteiger partial charge >= 0.3 is 6.18 Å². The Bertz CT molecular complexity index is 800. The highest BCUT2D eigenvalue weighted by molar-refractivity contribution is 6.32. The summed E-state index contributed by atoms with van der Waals surface area (Å²) in [5, 5.41) is 6.13. The van der Waals surface area contributed by atoms with Gasteiger partial charge in [0.1, 0.15) is 5.02 Å². The number of piperazine rings is 1. The standard InChI is InChI=1S/C16H16ClF3N4O/c17-14-13(9-21-22-15(14)25)24-6-4-23(5-7-24)10-11-2-1-3-12(8-11)16(18,19)20/h1-3,8-9H,4-7,10H2,(H,22,25). The van der Waals surface area contributed by atoms with E-state index in [1.165, 1.54) is 18.3 Å². The van der Waals surface area contributed by atoms with Crippen LogP contribution >= 0.6 is 11.6 Å². The third kappa shape index (κ3) is 4.13. The van der Waals surface area contributed by atoms with E-state index in [1.54, 1.807) is 6.07 Å². The van der Waals surface area contributed by atoms with Gasteiger partial charge in [-0.3, -0.25) is 9.69 Å². The zero-order chi connectivity index (χ0) is 18.0. The van der Waals surface area contributed by atoms with E-state index in [0.717, 1.165) is 6.07 Å². The molecule has 134 valence electrons. The lowest BCUT2D eigenvalue weighted by molar-refractivity contribution is -0.137. The molecule has 25 heavy (non-hydrogen) atoms. The molecular weight excluding hydrogens is 357 g/mol. The normalized spacial score (nSPS) is 16.2. The molecule has 0 unspecified atom stereocenters. The van der Waals surface area contributed by atoms with Crippen molar-refractivity contribution in [3.8, 4) is 0 Å². The van der Waals surface area contributed by atoms with Crippen molar-refractivity contribution >= 4 is 17.3 Å². The summed E-state index contributed by atoms with van der Waals surface area (Å²) in [5.74, 6) is 0. The second-order valence-electron chi connectivity index (χ2n) is 5.86. The first-order valence-corrected chi connectivity index (χ1v) is 8.09. The third-order valence-corrected chi connectivity index (χ3v) is 4.52. The van der Waals surface area contributed by atoms with Crippen LogP contribution < -0.4 is 10.5 Å². The van der Waals surface area contributed by atoms with E-state index in [2.05, 4.69) is 15.1 Å². The summed E-state index contributed by atoms with van der Waals surface area (Å²) < 4.78 is 38.4. The second-order valence-corrected chi connectivity index (χ2v) is 6.24. The number of alkyl halides is 3. The van der Waals surface area contributed by atoms with Gasteiger partial charge in [-0.2, -0.15) is 18.3 Å². The molecule has 1 aromatic heterocycles. The van der Waals surface area contributed by atoms with E-state index >= 15 is 0 Å². The fraction of sp³-hybridized carbons (Fsp3) is 0.375. The number of hydrogen-bond donors (Lipinski definition) is 1. The molecular formula is C16H16ClF3N4O. The molecule has 1 saturated heterocycles. The zero-order valence-electron chi connectivity index (χ0n) is 13.2. The Hall–Kier alpha value is -2.06. The lowest BCUT2D eigenvalue weighted by atomic mass is 10.1. The molecule has 0 spiro atoms. The topological polar surface area (TPSA) is 52.2 Å². The zero-order valence-corrected chi connectivity index (χ0v) is 13.9. The summed E-state index contributed by atoms with van der Waals surface area (Å²) in [7, 11) is 0. The molecule has 0 saturated carbocycles. The molecule has 0 aliphatic carbocycles. The number of hydrogen-bond acceptors (Lipinski definition) is 4. The Labute approximate surface area is 147 Å². The van der Waals surface area contributed by atoms with Crippen molar-refractivity contribution in [2.75, 3.05) is 31.1 Å². The van der Waals surface area contributed by atoms with Crippen LogP contribution in [0.1, 0.15) is 11.1 Å². The smallest absolute Gasteiger partial charge is 0.366 e. The minimum atomic E-state index is -4.33. The molecule has 1 aromatic carbocycles. The second kappa shape index (κ2) is 7.05. The van der Waals surface area contributed by atoms with E-state index in [1.807, 2.05) is 4.90 Å². The van der Waals surface area contributed by atoms with Gasteiger partial charge in [0.2, 0.25) is 0 Å². The van der Waals surface area contributed by atoms with Gasteiger partial charge in [-0.25, -0.2) is 5.10 Å². The number of rotatable bonds is 3. The Morgan fingerprint density at radius 2 is 1.92 bits per heavy atom. The Balaban J connectivity index is 1.63. The van der Waals surface area contributed by atoms with Gasteiger partial charge in [0.15, 0.2) is 0 Å². The van der Waals surface area contributed by atoms with Gasteiger partial charge in [0, 0.05) is 32.7 Å². The average molecular weight is 373 g/mol. The van der Waals surface area contributed by atoms with Crippen molar-refractivity contribution in [3.63, 3.8) is 0 Å². The minimum absolute atomic E-state index is 0.0985. The average Bonchev–Trinajstić information content (AvgIpc) is 2.58. The van der Waals surface area contributed by atoms with Crippen LogP contribution in [0.5, 0.6) is 0 Å². The lowest BCUT2D eigenvalue weighted by Gasteiger charge is -2.36. The van der Waals surface area contributed by atoms with Crippen LogP contribution in [-0.4, -0.2) is 41.3 Å². The lowest BCUT2D eigenvalue weighted by Crippen LogP contribution is -2.46. The van der Waals surface area contributed by atoms with Crippen LogP contribution in [0.25, 0.3) is 0 Å². The summed E-state index contributed by atoms with van der Waals surface area (Å²) in [6.07, 6.45) is -2.83. The van der Waals surface area contributed by atoms with Crippen LogP contribution in [0.15, 0.2) is 35.3 Å². The van der Waals surface area contributed by atoms with Gasteiger partial charge in [0.05, 0.1) is 17.4 Å². The first-order valence-electron chi connectivity index (χ1n) is 7.71. The molecule has 1 aliphatic heterocycles.